The fourth-order valence-electron chi connectivity index (χ4n) is 1.49. The average Bonchev–Trinajstić information content (AvgIpc) is 2.28. The van der Waals surface area contributed by atoms with E-state index < -0.39 is 40.2 Å². The number of hydrogen-bond acceptors (Lipinski definition) is 3. The minimum Gasteiger partial charge on any atom is -0.396 e. The van der Waals surface area contributed by atoms with Crippen molar-refractivity contribution in [3.63, 3.8) is 0 Å². The van der Waals surface area contributed by atoms with Gasteiger partial charge in [0.1, 0.15) is 5.82 Å². The summed E-state index contributed by atoms with van der Waals surface area (Å²) >= 11 is 0. The summed E-state index contributed by atoms with van der Waals surface area (Å²) in [4.78, 5) is 23.2. The smallest absolute Gasteiger partial charge is 0.254 e. The van der Waals surface area contributed by atoms with Gasteiger partial charge in [0.25, 0.3) is 5.91 Å². The van der Waals surface area contributed by atoms with Crippen LogP contribution in [0.25, 0.3) is 0 Å². The van der Waals surface area contributed by atoms with Crippen molar-refractivity contribution in [1.29, 1.82) is 0 Å². The van der Waals surface area contributed by atoms with Crippen molar-refractivity contribution < 1.29 is 18.4 Å². The molecular formula is C13H17F2N3O2. The summed E-state index contributed by atoms with van der Waals surface area (Å²) in [6.07, 6.45) is 0. The van der Waals surface area contributed by atoms with Crippen molar-refractivity contribution in [2.24, 2.45) is 0 Å². The summed E-state index contributed by atoms with van der Waals surface area (Å²) in [5.74, 6) is -3.18. The summed E-state index contributed by atoms with van der Waals surface area (Å²) in [5.41, 5.74) is 3.78. The van der Waals surface area contributed by atoms with Gasteiger partial charge >= 0.3 is 0 Å². The molecular weight excluding hydrogens is 268 g/mol. The van der Waals surface area contributed by atoms with E-state index in [4.69, 9.17) is 5.73 Å². The molecule has 0 atom stereocenters. The summed E-state index contributed by atoms with van der Waals surface area (Å²) in [7, 11) is 0. The van der Waals surface area contributed by atoms with Gasteiger partial charge in [0, 0.05) is 5.54 Å². The van der Waals surface area contributed by atoms with Gasteiger partial charge in [-0.05, 0) is 32.9 Å². The van der Waals surface area contributed by atoms with Gasteiger partial charge in [-0.2, -0.15) is 0 Å². The molecule has 20 heavy (non-hydrogen) atoms. The van der Waals surface area contributed by atoms with Crippen LogP contribution in [0.2, 0.25) is 0 Å². The van der Waals surface area contributed by atoms with E-state index in [0.29, 0.717) is 0 Å². The third kappa shape index (κ3) is 4.49. The van der Waals surface area contributed by atoms with Crippen LogP contribution in [0.5, 0.6) is 0 Å². The Kier molecular flexibility index (Phi) is 4.65. The molecule has 0 saturated heterocycles. The lowest BCUT2D eigenvalue weighted by atomic mass is 10.1. The van der Waals surface area contributed by atoms with Gasteiger partial charge in [-0.3, -0.25) is 9.59 Å². The molecule has 0 aliphatic rings. The van der Waals surface area contributed by atoms with Crippen LogP contribution in [0, 0.1) is 11.6 Å². The fourth-order valence-corrected chi connectivity index (χ4v) is 1.49. The van der Waals surface area contributed by atoms with E-state index in [9.17, 15) is 18.4 Å². The Morgan fingerprint density at radius 2 is 1.85 bits per heavy atom. The Morgan fingerprint density at radius 3 is 2.40 bits per heavy atom. The van der Waals surface area contributed by atoms with Crippen molar-refractivity contribution in [2.75, 3.05) is 12.3 Å². The van der Waals surface area contributed by atoms with E-state index >= 15 is 0 Å². The van der Waals surface area contributed by atoms with Crippen LogP contribution < -0.4 is 16.4 Å². The SMILES string of the molecule is CC(C)(C)NC(=O)CNC(=O)c1cc(F)cc(N)c1F. The molecule has 110 valence electrons. The van der Waals surface area contributed by atoms with Gasteiger partial charge in [-0.25, -0.2) is 8.78 Å². The van der Waals surface area contributed by atoms with Crippen LogP contribution in [0.4, 0.5) is 14.5 Å². The highest BCUT2D eigenvalue weighted by Crippen LogP contribution is 2.17. The monoisotopic (exact) mass is 285 g/mol. The number of amides is 2. The largest absolute Gasteiger partial charge is 0.396 e. The number of carbonyl (C=O) groups excluding carboxylic acids is 2. The highest BCUT2D eigenvalue weighted by atomic mass is 19.1. The summed E-state index contributed by atoms with van der Waals surface area (Å²) in [6, 6.07) is 1.50. The maximum Gasteiger partial charge on any atom is 0.254 e. The van der Waals surface area contributed by atoms with Crippen molar-refractivity contribution in [3.05, 3.63) is 29.3 Å². The van der Waals surface area contributed by atoms with Crippen molar-refractivity contribution >= 4 is 17.5 Å². The zero-order valence-electron chi connectivity index (χ0n) is 11.5. The molecule has 0 radical (unpaired) electrons. The minimum atomic E-state index is -1.01. The van der Waals surface area contributed by atoms with E-state index in [1.165, 1.54) is 0 Å². The van der Waals surface area contributed by atoms with Crippen LogP contribution in [-0.2, 0) is 4.79 Å². The van der Waals surface area contributed by atoms with E-state index in [2.05, 4.69) is 10.6 Å². The number of carbonyl (C=O) groups is 2. The molecule has 0 aromatic heterocycles. The molecule has 4 N–H and O–H groups in total. The Morgan fingerprint density at radius 1 is 1.25 bits per heavy atom. The molecule has 1 aromatic carbocycles. The normalized spacial score (nSPS) is 11.1. The molecule has 2 amide bonds. The number of nitrogen functional groups attached to an aromatic ring is 1. The fraction of sp³-hybridized carbons (Fsp3) is 0.385. The predicted octanol–water partition coefficient (Wildman–Crippen LogP) is 1.19. The maximum absolute atomic E-state index is 13.6. The molecule has 0 unspecified atom stereocenters. The molecule has 1 rings (SSSR count). The van der Waals surface area contributed by atoms with Gasteiger partial charge in [0.2, 0.25) is 5.91 Å². The number of rotatable bonds is 3. The van der Waals surface area contributed by atoms with Gasteiger partial charge in [0.15, 0.2) is 5.82 Å². The van der Waals surface area contributed by atoms with E-state index in [1.54, 1.807) is 20.8 Å². The van der Waals surface area contributed by atoms with Crippen LogP contribution in [0.3, 0.4) is 0 Å². The summed E-state index contributed by atoms with van der Waals surface area (Å²) in [6.45, 7) is 4.99. The first-order chi connectivity index (χ1) is 9.10. The van der Waals surface area contributed by atoms with Gasteiger partial charge in [-0.1, -0.05) is 0 Å². The molecule has 5 nitrogen and oxygen atoms in total. The molecule has 0 heterocycles. The first kappa shape index (κ1) is 15.9. The Bertz CT molecular complexity index is 539. The second kappa shape index (κ2) is 5.85. The highest BCUT2D eigenvalue weighted by Gasteiger charge is 2.18. The molecule has 0 fully saturated rings. The quantitative estimate of drug-likeness (QED) is 0.729. The Labute approximate surface area is 115 Å². The second-order valence-corrected chi connectivity index (χ2v) is 5.34. The lowest BCUT2D eigenvalue weighted by molar-refractivity contribution is -0.121. The van der Waals surface area contributed by atoms with E-state index in [1.807, 2.05) is 0 Å². The summed E-state index contributed by atoms with van der Waals surface area (Å²) < 4.78 is 26.7. The number of nitrogens with one attached hydrogen (secondary N) is 2. The number of anilines is 1. The highest BCUT2D eigenvalue weighted by molar-refractivity contribution is 5.97. The lowest BCUT2D eigenvalue weighted by Crippen LogP contribution is -2.45. The van der Waals surface area contributed by atoms with Crippen LogP contribution in [0.1, 0.15) is 31.1 Å². The standard InChI is InChI=1S/C13H17F2N3O2/c1-13(2,3)18-10(19)6-17-12(20)8-4-7(14)5-9(16)11(8)15/h4-5H,6,16H2,1-3H3,(H,17,20)(H,18,19). The first-order valence-electron chi connectivity index (χ1n) is 5.94. The third-order valence-electron chi connectivity index (χ3n) is 2.23. The van der Waals surface area contributed by atoms with Crippen molar-refractivity contribution in [3.8, 4) is 0 Å². The molecule has 0 saturated carbocycles. The Hall–Kier alpha value is -2.18. The lowest BCUT2D eigenvalue weighted by Gasteiger charge is -2.20. The van der Waals surface area contributed by atoms with Crippen molar-refractivity contribution in [1.82, 2.24) is 10.6 Å². The summed E-state index contributed by atoms with van der Waals surface area (Å²) in [5, 5.41) is 4.82. The van der Waals surface area contributed by atoms with Crippen LogP contribution in [-0.4, -0.2) is 23.9 Å². The van der Waals surface area contributed by atoms with Crippen LogP contribution in [0.15, 0.2) is 12.1 Å². The van der Waals surface area contributed by atoms with Gasteiger partial charge in [0.05, 0.1) is 17.8 Å². The second-order valence-electron chi connectivity index (χ2n) is 5.34. The number of nitrogens with two attached hydrogens (primary N) is 1. The topological polar surface area (TPSA) is 84.2 Å². The van der Waals surface area contributed by atoms with Gasteiger partial charge in [-0.15, -0.1) is 0 Å². The average molecular weight is 285 g/mol. The first-order valence-corrected chi connectivity index (χ1v) is 5.94. The third-order valence-corrected chi connectivity index (χ3v) is 2.23. The van der Waals surface area contributed by atoms with E-state index in [0.717, 1.165) is 12.1 Å². The molecule has 0 spiro atoms. The Balaban J connectivity index is 2.71. The zero-order valence-corrected chi connectivity index (χ0v) is 11.5. The number of benzene rings is 1. The zero-order chi connectivity index (χ0) is 15.5. The molecule has 1 aromatic rings. The maximum atomic E-state index is 13.6. The number of hydrogen-bond donors (Lipinski definition) is 3. The van der Waals surface area contributed by atoms with E-state index in [-0.39, 0.29) is 6.54 Å². The van der Waals surface area contributed by atoms with Crippen molar-refractivity contribution in [2.45, 2.75) is 26.3 Å². The van der Waals surface area contributed by atoms with Crippen LogP contribution >= 0.6 is 0 Å². The minimum absolute atomic E-state index is 0.341. The predicted molar refractivity (Wildman–Crippen MR) is 71.0 cm³/mol. The molecule has 0 bridgehead atoms. The van der Waals surface area contributed by atoms with Gasteiger partial charge < -0.3 is 16.4 Å². The molecule has 0 aliphatic heterocycles. The molecule has 7 heteroatoms. The molecule has 0 aliphatic carbocycles. The number of halogens is 2.